The van der Waals surface area contributed by atoms with Crippen LogP contribution in [-0.2, 0) is 11.2 Å². The fourth-order valence-electron chi connectivity index (χ4n) is 1.55. The SMILES string of the molecule is COc1ccc(OC(C)C(N)=O)c(CC(C)N)c1. The van der Waals surface area contributed by atoms with E-state index in [2.05, 4.69) is 0 Å². The molecular weight excluding hydrogens is 232 g/mol. The van der Waals surface area contributed by atoms with Gasteiger partial charge in [0.15, 0.2) is 6.10 Å². The highest BCUT2D eigenvalue weighted by Gasteiger charge is 2.14. The number of benzene rings is 1. The van der Waals surface area contributed by atoms with E-state index in [0.717, 1.165) is 11.3 Å². The van der Waals surface area contributed by atoms with Crippen molar-refractivity contribution in [1.29, 1.82) is 0 Å². The first-order valence-corrected chi connectivity index (χ1v) is 5.82. The molecule has 0 aliphatic heterocycles. The van der Waals surface area contributed by atoms with Gasteiger partial charge >= 0.3 is 0 Å². The fraction of sp³-hybridized carbons (Fsp3) is 0.462. The van der Waals surface area contributed by atoms with Gasteiger partial charge in [-0.25, -0.2) is 0 Å². The molecule has 5 heteroatoms. The molecule has 0 bridgehead atoms. The van der Waals surface area contributed by atoms with Crippen molar-refractivity contribution in [3.05, 3.63) is 23.8 Å². The van der Waals surface area contributed by atoms with E-state index in [1.54, 1.807) is 26.2 Å². The van der Waals surface area contributed by atoms with E-state index in [9.17, 15) is 4.79 Å². The van der Waals surface area contributed by atoms with E-state index < -0.39 is 12.0 Å². The van der Waals surface area contributed by atoms with Crippen LogP contribution in [0.5, 0.6) is 11.5 Å². The van der Waals surface area contributed by atoms with E-state index >= 15 is 0 Å². The Bertz CT molecular complexity index is 419. The van der Waals surface area contributed by atoms with Crippen molar-refractivity contribution < 1.29 is 14.3 Å². The Kier molecular flexibility index (Phi) is 4.97. The summed E-state index contributed by atoms with van der Waals surface area (Å²) in [5.41, 5.74) is 11.9. The van der Waals surface area contributed by atoms with Crippen molar-refractivity contribution in [2.24, 2.45) is 11.5 Å². The van der Waals surface area contributed by atoms with Gasteiger partial charge in [0, 0.05) is 6.04 Å². The first-order chi connectivity index (χ1) is 8.43. The highest BCUT2D eigenvalue weighted by Crippen LogP contribution is 2.26. The summed E-state index contributed by atoms with van der Waals surface area (Å²) in [4.78, 5) is 11.0. The number of nitrogens with two attached hydrogens (primary N) is 2. The molecule has 0 radical (unpaired) electrons. The number of methoxy groups -OCH3 is 1. The molecule has 0 aromatic heterocycles. The maximum absolute atomic E-state index is 11.0. The van der Waals surface area contributed by atoms with E-state index in [-0.39, 0.29) is 6.04 Å². The van der Waals surface area contributed by atoms with Gasteiger partial charge in [0.05, 0.1) is 7.11 Å². The Labute approximate surface area is 107 Å². The topological polar surface area (TPSA) is 87.6 Å². The summed E-state index contributed by atoms with van der Waals surface area (Å²) < 4.78 is 10.7. The molecule has 0 aliphatic carbocycles. The number of primary amides is 1. The summed E-state index contributed by atoms with van der Waals surface area (Å²) in [6.07, 6.45) is -0.0388. The Morgan fingerprint density at radius 2 is 2.06 bits per heavy atom. The minimum absolute atomic E-state index is 0.0108. The van der Waals surface area contributed by atoms with E-state index in [0.29, 0.717) is 12.2 Å². The molecular formula is C13H20N2O3. The second-order valence-electron chi connectivity index (χ2n) is 4.32. The number of hydrogen-bond acceptors (Lipinski definition) is 4. The summed E-state index contributed by atoms with van der Waals surface area (Å²) in [5.74, 6) is 0.835. The first kappa shape index (κ1) is 14.3. The van der Waals surface area contributed by atoms with E-state index in [1.807, 2.05) is 13.0 Å². The van der Waals surface area contributed by atoms with Crippen LogP contribution in [0.2, 0.25) is 0 Å². The van der Waals surface area contributed by atoms with Crippen molar-refractivity contribution >= 4 is 5.91 Å². The zero-order valence-electron chi connectivity index (χ0n) is 11.0. The molecule has 0 aliphatic rings. The molecule has 0 saturated carbocycles. The third kappa shape index (κ3) is 3.92. The number of hydrogen-bond donors (Lipinski definition) is 2. The van der Waals surface area contributed by atoms with Crippen LogP contribution in [0.4, 0.5) is 0 Å². The number of carbonyl (C=O) groups is 1. The van der Waals surface area contributed by atoms with Gasteiger partial charge in [-0.2, -0.15) is 0 Å². The van der Waals surface area contributed by atoms with E-state index in [4.69, 9.17) is 20.9 Å². The van der Waals surface area contributed by atoms with Crippen LogP contribution in [0.3, 0.4) is 0 Å². The van der Waals surface area contributed by atoms with Gasteiger partial charge in [-0.3, -0.25) is 4.79 Å². The second-order valence-corrected chi connectivity index (χ2v) is 4.32. The van der Waals surface area contributed by atoms with Crippen LogP contribution < -0.4 is 20.9 Å². The molecule has 1 rings (SSSR count). The Morgan fingerprint density at radius 3 is 2.56 bits per heavy atom. The van der Waals surface area contributed by atoms with Crippen LogP contribution in [0.25, 0.3) is 0 Å². The standard InChI is InChI=1S/C13H20N2O3/c1-8(14)6-10-7-11(17-3)4-5-12(10)18-9(2)13(15)16/h4-5,7-9H,6,14H2,1-3H3,(H2,15,16). The lowest BCUT2D eigenvalue weighted by Crippen LogP contribution is -2.31. The van der Waals surface area contributed by atoms with Crippen LogP contribution in [0.15, 0.2) is 18.2 Å². The van der Waals surface area contributed by atoms with Gasteiger partial charge in [0.25, 0.3) is 5.91 Å². The second kappa shape index (κ2) is 6.26. The summed E-state index contributed by atoms with van der Waals surface area (Å²) in [5, 5.41) is 0. The van der Waals surface area contributed by atoms with Gasteiger partial charge < -0.3 is 20.9 Å². The third-order valence-corrected chi connectivity index (χ3v) is 2.51. The zero-order chi connectivity index (χ0) is 13.7. The quantitative estimate of drug-likeness (QED) is 0.785. The van der Waals surface area contributed by atoms with Gasteiger partial charge in [-0.15, -0.1) is 0 Å². The predicted octanol–water partition coefficient (Wildman–Crippen LogP) is 0.838. The molecule has 100 valence electrons. The predicted molar refractivity (Wildman–Crippen MR) is 69.6 cm³/mol. The maximum atomic E-state index is 11.0. The largest absolute Gasteiger partial charge is 0.497 e. The lowest BCUT2D eigenvalue weighted by molar-refractivity contribution is -0.123. The van der Waals surface area contributed by atoms with Gasteiger partial charge in [0.2, 0.25) is 0 Å². The smallest absolute Gasteiger partial charge is 0.258 e. The Morgan fingerprint density at radius 1 is 1.39 bits per heavy atom. The monoisotopic (exact) mass is 252 g/mol. The number of rotatable bonds is 6. The molecule has 0 fully saturated rings. The van der Waals surface area contributed by atoms with Gasteiger partial charge in [-0.1, -0.05) is 0 Å². The molecule has 0 saturated heterocycles. The average Bonchev–Trinajstić information content (AvgIpc) is 2.30. The van der Waals surface area contributed by atoms with Crippen molar-refractivity contribution in [3.8, 4) is 11.5 Å². The third-order valence-electron chi connectivity index (χ3n) is 2.51. The normalized spacial score (nSPS) is 13.8. The average molecular weight is 252 g/mol. The molecule has 0 spiro atoms. The fourth-order valence-corrected chi connectivity index (χ4v) is 1.55. The Balaban J connectivity index is 2.98. The molecule has 1 amide bonds. The molecule has 1 aromatic carbocycles. The maximum Gasteiger partial charge on any atom is 0.258 e. The highest BCUT2D eigenvalue weighted by atomic mass is 16.5. The molecule has 0 heterocycles. The summed E-state index contributed by atoms with van der Waals surface area (Å²) >= 11 is 0. The van der Waals surface area contributed by atoms with Crippen LogP contribution in [-0.4, -0.2) is 25.2 Å². The summed E-state index contributed by atoms with van der Waals surface area (Å²) in [6.45, 7) is 3.52. The van der Waals surface area contributed by atoms with Crippen molar-refractivity contribution in [3.63, 3.8) is 0 Å². The summed E-state index contributed by atoms with van der Waals surface area (Å²) in [6, 6.07) is 5.37. The summed E-state index contributed by atoms with van der Waals surface area (Å²) in [7, 11) is 1.59. The number of amides is 1. The minimum atomic E-state index is -0.676. The van der Waals surface area contributed by atoms with Crippen LogP contribution in [0, 0.1) is 0 Å². The number of carbonyl (C=O) groups excluding carboxylic acids is 1. The molecule has 18 heavy (non-hydrogen) atoms. The first-order valence-electron chi connectivity index (χ1n) is 5.82. The molecule has 4 N–H and O–H groups in total. The Hall–Kier alpha value is -1.75. The molecule has 1 aromatic rings. The van der Waals surface area contributed by atoms with Crippen molar-refractivity contribution in [2.75, 3.05) is 7.11 Å². The van der Waals surface area contributed by atoms with Crippen LogP contribution in [0.1, 0.15) is 19.4 Å². The number of ether oxygens (including phenoxy) is 2. The molecule has 2 atom stereocenters. The van der Waals surface area contributed by atoms with Crippen molar-refractivity contribution in [1.82, 2.24) is 0 Å². The van der Waals surface area contributed by atoms with Crippen LogP contribution >= 0.6 is 0 Å². The van der Waals surface area contributed by atoms with Gasteiger partial charge in [-0.05, 0) is 44.0 Å². The molecule has 2 unspecified atom stereocenters. The van der Waals surface area contributed by atoms with Crippen molar-refractivity contribution in [2.45, 2.75) is 32.4 Å². The minimum Gasteiger partial charge on any atom is -0.497 e. The zero-order valence-corrected chi connectivity index (χ0v) is 11.0. The molecule has 5 nitrogen and oxygen atoms in total. The lowest BCUT2D eigenvalue weighted by Gasteiger charge is -2.17. The highest BCUT2D eigenvalue weighted by molar-refractivity contribution is 5.78. The lowest BCUT2D eigenvalue weighted by atomic mass is 10.1. The van der Waals surface area contributed by atoms with E-state index in [1.165, 1.54) is 0 Å². The van der Waals surface area contributed by atoms with Gasteiger partial charge in [0.1, 0.15) is 11.5 Å².